The number of halogens is 2. The van der Waals surface area contributed by atoms with Gasteiger partial charge < -0.3 is 15.5 Å². The number of rotatable bonds is 9. The fourth-order valence-electron chi connectivity index (χ4n) is 4.07. The lowest BCUT2D eigenvalue weighted by atomic mass is 9.99. The van der Waals surface area contributed by atoms with E-state index in [1.807, 2.05) is 4.90 Å². The number of anilines is 1. The molecule has 2 aromatic rings. The standard InChI is InChI=1S/C24H30Cl2N4O4S/c1-27-24(32)30-15-3-2-6-20(30)12-14-28-23(31)18-8-10-19(11-9-18)29-35(33,34)16-13-17-5-4-7-21(25)22(17)26/h4-5,7-11,20,29H,2-3,6,12-16H2,1H3,(H,27,32)(H,28,31). The first-order valence-corrected chi connectivity index (χ1v) is 13.9. The van der Waals surface area contributed by atoms with E-state index in [2.05, 4.69) is 15.4 Å². The number of carbonyl (C=O) groups is 2. The van der Waals surface area contributed by atoms with Gasteiger partial charge in [-0.3, -0.25) is 9.52 Å². The van der Waals surface area contributed by atoms with Gasteiger partial charge in [0.1, 0.15) is 0 Å². The zero-order chi connectivity index (χ0) is 25.4. The van der Waals surface area contributed by atoms with Crippen LogP contribution in [0.1, 0.15) is 41.6 Å². The molecule has 1 unspecified atom stereocenters. The molecule has 1 heterocycles. The highest BCUT2D eigenvalue weighted by Gasteiger charge is 2.25. The number of nitrogens with one attached hydrogen (secondary N) is 3. The van der Waals surface area contributed by atoms with Crippen molar-refractivity contribution < 1.29 is 18.0 Å². The van der Waals surface area contributed by atoms with Crippen LogP contribution in [-0.4, -0.2) is 57.2 Å². The van der Waals surface area contributed by atoms with Gasteiger partial charge in [-0.15, -0.1) is 0 Å². The first-order valence-electron chi connectivity index (χ1n) is 11.5. The van der Waals surface area contributed by atoms with E-state index in [1.54, 1.807) is 49.5 Å². The third-order valence-corrected chi connectivity index (χ3v) is 8.10. The highest BCUT2D eigenvalue weighted by molar-refractivity contribution is 7.92. The van der Waals surface area contributed by atoms with Crippen LogP contribution in [0.4, 0.5) is 10.5 Å². The Kier molecular flexibility index (Phi) is 9.65. The van der Waals surface area contributed by atoms with Gasteiger partial charge in [0.2, 0.25) is 10.0 Å². The summed E-state index contributed by atoms with van der Waals surface area (Å²) in [6.07, 6.45) is 3.86. The van der Waals surface area contributed by atoms with Crippen LogP contribution in [0, 0.1) is 0 Å². The molecule has 0 saturated carbocycles. The second-order valence-corrected chi connectivity index (χ2v) is 11.0. The summed E-state index contributed by atoms with van der Waals surface area (Å²) in [6, 6.07) is 11.4. The maximum Gasteiger partial charge on any atom is 0.317 e. The first kappa shape index (κ1) is 27.1. The minimum atomic E-state index is -3.63. The molecule has 11 heteroatoms. The monoisotopic (exact) mass is 540 g/mol. The van der Waals surface area contributed by atoms with Crippen LogP contribution in [0.15, 0.2) is 42.5 Å². The van der Waals surface area contributed by atoms with Gasteiger partial charge in [-0.2, -0.15) is 0 Å². The summed E-state index contributed by atoms with van der Waals surface area (Å²) in [7, 11) is -2.01. The average Bonchev–Trinajstić information content (AvgIpc) is 2.85. The molecule has 1 aliphatic heterocycles. The number of hydrogen-bond donors (Lipinski definition) is 3. The molecule has 0 aliphatic carbocycles. The number of urea groups is 1. The number of amides is 3. The van der Waals surface area contributed by atoms with Crippen LogP contribution in [0.5, 0.6) is 0 Å². The van der Waals surface area contributed by atoms with Gasteiger partial charge in [0, 0.05) is 37.4 Å². The van der Waals surface area contributed by atoms with Gasteiger partial charge in [-0.05, 0) is 68.0 Å². The predicted octanol–water partition coefficient (Wildman–Crippen LogP) is 4.29. The molecule has 1 fully saturated rings. The van der Waals surface area contributed by atoms with Crippen molar-refractivity contribution in [3.8, 4) is 0 Å². The number of carbonyl (C=O) groups excluding carboxylic acids is 2. The Morgan fingerprint density at radius 3 is 2.54 bits per heavy atom. The van der Waals surface area contributed by atoms with Crippen LogP contribution >= 0.6 is 23.2 Å². The third kappa shape index (κ3) is 7.75. The van der Waals surface area contributed by atoms with E-state index >= 15 is 0 Å². The van der Waals surface area contributed by atoms with Crippen molar-refractivity contribution in [2.45, 2.75) is 38.1 Å². The Hall–Kier alpha value is -2.49. The lowest BCUT2D eigenvalue weighted by Crippen LogP contribution is -2.48. The smallest absolute Gasteiger partial charge is 0.317 e. The van der Waals surface area contributed by atoms with Crippen molar-refractivity contribution in [3.63, 3.8) is 0 Å². The normalized spacial score (nSPS) is 16.0. The van der Waals surface area contributed by atoms with Gasteiger partial charge >= 0.3 is 6.03 Å². The van der Waals surface area contributed by atoms with Crippen molar-refractivity contribution in [1.82, 2.24) is 15.5 Å². The summed E-state index contributed by atoms with van der Waals surface area (Å²) < 4.78 is 27.5. The third-order valence-electron chi connectivity index (χ3n) is 5.96. The molecular formula is C24H30Cl2N4O4S. The molecule has 0 bridgehead atoms. The average molecular weight is 542 g/mol. The first-order chi connectivity index (χ1) is 16.7. The number of hydrogen-bond acceptors (Lipinski definition) is 4. The van der Waals surface area contributed by atoms with Crippen LogP contribution in [0.2, 0.25) is 10.0 Å². The molecule has 1 atom stereocenters. The lowest BCUT2D eigenvalue weighted by Gasteiger charge is -2.35. The quantitative estimate of drug-likeness (QED) is 0.440. The van der Waals surface area contributed by atoms with Gasteiger partial charge in [0.15, 0.2) is 0 Å². The molecular weight excluding hydrogens is 511 g/mol. The van der Waals surface area contributed by atoms with Crippen LogP contribution in [0.25, 0.3) is 0 Å². The fraction of sp³-hybridized carbons (Fsp3) is 0.417. The zero-order valence-corrected chi connectivity index (χ0v) is 21.8. The molecule has 3 N–H and O–H groups in total. The van der Waals surface area contributed by atoms with E-state index in [9.17, 15) is 18.0 Å². The highest BCUT2D eigenvalue weighted by Crippen LogP contribution is 2.26. The van der Waals surface area contributed by atoms with E-state index in [1.165, 1.54) is 0 Å². The summed E-state index contributed by atoms with van der Waals surface area (Å²) in [5.74, 6) is -0.416. The largest absolute Gasteiger partial charge is 0.352 e. The summed E-state index contributed by atoms with van der Waals surface area (Å²) in [5.41, 5.74) is 1.44. The van der Waals surface area contributed by atoms with Crippen molar-refractivity contribution >= 4 is 50.9 Å². The number of aryl methyl sites for hydroxylation is 1. The van der Waals surface area contributed by atoms with Crippen molar-refractivity contribution in [2.75, 3.05) is 30.6 Å². The molecule has 3 rings (SSSR count). The minimum Gasteiger partial charge on any atom is -0.352 e. The number of sulfonamides is 1. The molecule has 0 spiro atoms. The van der Waals surface area contributed by atoms with E-state index in [4.69, 9.17) is 23.2 Å². The van der Waals surface area contributed by atoms with Gasteiger partial charge in [0.05, 0.1) is 15.8 Å². The molecule has 3 amide bonds. The summed E-state index contributed by atoms with van der Waals surface area (Å²) >= 11 is 12.1. The number of likely N-dealkylation sites (tertiary alicyclic amines) is 1. The molecule has 0 radical (unpaired) electrons. The SMILES string of the molecule is CNC(=O)N1CCCCC1CCNC(=O)c1ccc(NS(=O)(=O)CCc2cccc(Cl)c2Cl)cc1. The van der Waals surface area contributed by atoms with Crippen LogP contribution < -0.4 is 15.4 Å². The summed E-state index contributed by atoms with van der Waals surface area (Å²) in [6.45, 7) is 1.17. The van der Waals surface area contributed by atoms with E-state index in [0.29, 0.717) is 39.8 Å². The number of piperidine rings is 1. The van der Waals surface area contributed by atoms with Crippen LogP contribution in [-0.2, 0) is 16.4 Å². The van der Waals surface area contributed by atoms with Crippen molar-refractivity contribution in [3.05, 3.63) is 63.6 Å². The predicted molar refractivity (Wildman–Crippen MR) is 140 cm³/mol. The Morgan fingerprint density at radius 1 is 1.09 bits per heavy atom. The van der Waals surface area contributed by atoms with Crippen LogP contribution in [0.3, 0.4) is 0 Å². The minimum absolute atomic E-state index is 0.0882. The second kappa shape index (κ2) is 12.5. The maximum absolute atomic E-state index is 12.5. The van der Waals surface area contributed by atoms with Crippen molar-refractivity contribution in [1.29, 1.82) is 0 Å². The summed E-state index contributed by atoms with van der Waals surface area (Å²) in [5, 5.41) is 6.28. The molecule has 1 saturated heterocycles. The Morgan fingerprint density at radius 2 is 1.83 bits per heavy atom. The molecule has 2 aromatic carbocycles. The molecule has 35 heavy (non-hydrogen) atoms. The maximum atomic E-state index is 12.5. The molecule has 8 nitrogen and oxygen atoms in total. The van der Waals surface area contributed by atoms with Crippen molar-refractivity contribution in [2.24, 2.45) is 0 Å². The lowest BCUT2D eigenvalue weighted by molar-refractivity contribution is 0.0946. The second-order valence-electron chi connectivity index (χ2n) is 8.40. The fourth-order valence-corrected chi connectivity index (χ4v) is 5.57. The number of benzene rings is 2. The van der Waals surface area contributed by atoms with Gasteiger partial charge in [-0.25, -0.2) is 13.2 Å². The van der Waals surface area contributed by atoms with Gasteiger partial charge in [-0.1, -0.05) is 35.3 Å². The molecule has 1 aliphatic rings. The number of nitrogens with zero attached hydrogens (tertiary/aromatic N) is 1. The topological polar surface area (TPSA) is 108 Å². The zero-order valence-electron chi connectivity index (χ0n) is 19.5. The molecule has 190 valence electrons. The van der Waals surface area contributed by atoms with E-state index in [0.717, 1.165) is 25.8 Å². The van der Waals surface area contributed by atoms with E-state index < -0.39 is 10.0 Å². The highest BCUT2D eigenvalue weighted by atomic mass is 35.5. The molecule has 0 aromatic heterocycles. The summed E-state index contributed by atoms with van der Waals surface area (Å²) in [4.78, 5) is 26.4. The van der Waals surface area contributed by atoms with Gasteiger partial charge in [0.25, 0.3) is 5.91 Å². The van der Waals surface area contributed by atoms with E-state index in [-0.39, 0.29) is 30.2 Å². The Labute approximate surface area is 216 Å². The Bertz CT molecular complexity index is 1140. The Balaban J connectivity index is 1.49.